The van der Waals surface area contributed by atoms with Crippen LogP contribution in [0.4, 0.5) is 0 Å². The zero-order valence-electron chi connectivity index (χ0n) is 32.0. The minimum absolute atomic E-state index is 0.0423. The van der Waals surface area contributed by atoms with E-state index >= 15 is 0 Å². The molecule has 0 bridgehead atoms. The minimum Gasteiger partial charge on any atom is -0.393 e. The lowest BCUT2D eigenvalue weighted by molar-refractivity contribution is -0.124. The number of unbranched alkanes of at least 4 members (excludes halogenated alkanes) is 19. The summed E-state index contributed by atoms with van der Waals surface area (Å²) in [5.74, 6) is -0.461. The van der Waals surface area contributed by atoms with Crippen LogP contribution in [-0.4, -0.2) is 59.0 Å². The second kappa shape index (κ2) is 36.1. The van der Waals surface area contributed by atoms with Gasteiger partial charge in [-0.05, 0) is 38.5 Å². The van der Waals surface area contributed by atoms with Gasteiger partial charge in [-0.2, -0.15) is 0 Å². The number of allylic oxidation sites excluding steroid dienone is 5. The number of rotatable bonds is 37. The highest BCUT2D eigenvalue weighted by Crippen LogP contribution is 2.43. The Morgan fingerprint density at radius 3 is 1.64 bits per heavy atom. The summed E-state index contributed by atoms with van der Waals surface area (Å²) >= 11 is 0. The molecule has 4 unspecified atom stereocenters. The van der Waals surface area contributed by atoms with Gasteiger partial charge < -0.3 is 26.2 Å². The zero-order valence-corrected chi connectivity index (χ0v) is 32.9. The Morgan fingerprint density at radius 1 is 0.700 bits per heavy atom. The van der Waals surface area contributed by atoms with E-state index in [-0.39, 0.29) is 19.6 Å². The van der Waals surface area contributed by atoms with Gasteiger partial charge in [-0.15, -0.1) is 0 Å². The average Bonchev–Trinajstić information content (AvgIpc) is 3.09. The molecule has 0 rings (SSSR count). The first-order chi connectivity index (χ1) is 24.3. The van der Waals surface area contributed by atoms with Crippen LogP contribution in [0.2, 0.25) is 0 Å². The number of amides is 1. The quantitative estimate of drug-likeness (QED) is 0.0241. The number of carbonyl (C=O) groups is 1. The number of phosphoric ester groups is 1. The van der Waals surface area contributed by atoms with Gasteiger partial charge in [-0.3, -0.25) is 13.8 Å². The summed E-state index contributed by atoms with van der Waals surface area (Å²) in [6.45, 7) is 3.81. The van der Waals surface area contributed by atoms with Gasteiger partial charge in [-0.25, -0.2) is 4.57 Å². The maximum Gasteiger partial charge on any atom is 0.472 e. The predicted molar refractivity (Wildman–Crippen MR) is 209 cm³/mol. The maximum absolute atomic E-state index is 12.7. The summed E-state index contributed by atoms with van der Waals surface area (Å²) in [6, 6.07) is -1.00. The van der Waals surface area contributed by atoms with Crippen LogP contribution in [0.5, 0.6) is 0 Å². The molecule has 0 spiro atoms. The fourth-order valence-corrected chi connectivity index (χ4v) is 6.50. The van der Waals surface area contributed by atoms with Gasteiger partial charge in [0.1, 0.15) is 0 Å². The molecule has 294 valence electrons. The lowest BCUT2D eigenvalue weighted by atomic mass is 10.0. The van der Waals surface area contributed by atoms with E-state index in [1.165, 1.54) is 96.3 Å². The second-order valence-corrected chi connectivity index (χ2v) is 15.1. The number of hydrogen-bond acceptors (Lipinski definition) is 7. The molecule has 0 aliphatic carbocycles. The first kappa shape index (κ1) is 48.7. The van der Waals surface area contributed by atoms with Crippen LogP contribution in [0.3, 0.4) is 0 Å². The molecule has 6 N–H and O–H groups in total. The van der Waals surface area contributed by atoms with E-state index in [9.17, 15) is 24.5 Å². The molecule has 0 aliphatic heterocycles. The van der Waals surface area contributed by atoms with Crippen LogP contribution in [0.1, 0.15) is 174 Å². The van der Waals surface area contributed by atoms with Crippen molar-refractivity contribution in [3.8, 4) is 0 Å². The van der Waals surface area contributed by atoms with Gasteiger partial charge in [0, 0.05) is 6.54 Å². The highest BCUT2D eigenvalue weighted by Gasteiger charge is 2.27. The van der Waals surface area contributed by atoms with Crippen LogP contribution < -0.4 is 11.1 Å². The van der Waals surface area contributed by atoms with E-state index in [2.05, 4.69) is 43.5 Å². The molecule has 0 fully saturated rings. The summed E-state index contributed by atoms with van der Waals surface area (Å²) in [5, 5.41) is 23.9. The number of nitrogens with two attached hydrogens (primary N) is 1. The summed E-state index contributed by atoms with van der Waals surface area (Å²) in [6.07, 6.45) is 38.2. The summed E-state index contributed by atoms with van der Waals surface area (Å²) in [4.78, 5) is 22.6. The average molecular weight is 729 g/mol. The van der Waals surface area contributed by atoms with Crippen molar-refractivity contribution in [3.63, 3.8) is 0 Å². The minimum atomic E-state index is -4.40. The van der Waals surface area contributed by atoms with Crippen molar-refractivity contribution < 1.29 is 33.5 Å². The Balaban J connectivity index is 4.28. The molecule has 0 heterocycles. The van der Waals surface area contributed by atoms with Crippen LogP contribution in [-0.2, 0) is 18.4 Å². The number of aliphatic hydroxyl groups is 2. The fraction of sp³-hybridized carbons (Fsp3) is 0.825. The summed E-state index contributed by atoms with van der Waals surface area (Å²) < 4.78 is 21.9. The first-order valence-electron chi connectivity index (χ1n) is 20.2. The molecule has 0 aromatic carbocycles. The van der Waals surface area contributed by atoms with E-state index in [1.54, 1.807) is 6.08 Å². The Morgan fingerprint density at radius 2 is 1.16 bits per heavy atom. The van der Waals surface area contributed by atoms with Gasteiger partial charge in [0.2, 0.25) is 5.91 Å². The summed E-state index contributed by atoms with van der Waals surface area (Å²) in [5.41, 5.74) is 5.34. The van der Waals surface area contributed by atoms with Crippen molar-refractivity contribution in [2.45, 2.75) is 193 Å². The third-order valence-corrected chi connectivity index (χ3v) is 9.75. The van der Waals surface area contributed by atoms with Crippen molar-refractivity contribution >= 4 is 13.7 Å². The highest BCUT2D eigenvalue weighted by atomic mass is 31.2. The number of carbonyl (C=O) groups excluding carboxylic acids is 1. The topological polar surface area (TPSA) is 151 Å². The predicted octanol–water partition coefficient (Wildman–Crippen LogP) is 9.75. The van der Waals surface area contributed by atoms with Gasteiger partial charge in [0.05, 0.1) is 37.9 Å². The summed E-state index contributed by atoms with van der Waals surface area (Å²) in [7, 11) is -4.40. The molecule has 4 atom stereocenters. The first-order valence-corrected chi connectivity index (χ1v) is 21.7. The van der Waals surface area contributed by atoms with E-state index in [0.29, 0.717) is 12.8 Å². The van der Waals surface area contributed by atoms with Crippen LogP contribution in [0.25, 0.3) is 0 Å². The number of hydrogen-bond donors (Lipinski definition) is 5. The third kappa shape index (κ3) is 33.8. The Kier molecular flexibility index (Phi) is 35.1. The molecule has 0 saturated carbocycles. The number of aliphatic hydroxyl groups excluding tert-OH is 2. The molecule has 0 aromatic heterocycles. The molecule has 0 saturated heterocycles. The van der Waals surface area contributed by atoms with Crippen molar-refractivity contribution in [3.05, 3.63) is 36.5 Å². The Labute approximate surface area is 306 Å². The van der Waals surface area contributed by atoms with Crippen molar-refractivity contribution in [2.75, 3.05) is 19.8 Å². The lowest BCUT2D eigenvalue weighted by Gasteiger charge is -2.24. The smallest absolute Gasteiger partial charge is 0.393 e. The van der Waals surface area contributed by atoms with Gasteiger partial charge in [0.15, 0.2) is 0 Å². The third-order valence-electron chi connectivity index (χ3n) is 8.76. The molecule has 1 amide bonds. The molecular formula is C40H77N2O7P. The normalized spacial score (nSPS) is 15.2. The van der Waals surface area contributed by atoms with Crippen molar-refractivity contribution in [2.24, 2.45) is 5.73 Å². The number of nitrogens with one attached hydrogen (secondary N) is 1. The largest absolute Gasteiger partial charge is 0.472 e. The standard InChI is InChI=1S/C40H77N2O7P/c1-3-5-7-9-11-13-15-16-17-18-19-20-21-22-23-25-27-29-31-37(43)35-40(45)42-38(36-49-50(46,47)48-34-33-41)39(44)32-30-28-26-24-14-12-10-8-6-4-2/h6,8,14,24,30,32,37-39,43-44H,3-5,7,9-13,15-23,25-29,31,33-36,41H2,1-2H3,(H,42,45)(H,46,47)/b8-6+,24-14+,32-30+. The SMILES string of the molecule is CC/C=C/CC/C=C/CC/C=C/C(O)C(COP(=O)(O)OCCN)NC(=O)CC(O)CCCCCCCCCCCCCCCCCCCC. The van der Waals surface area contributed by atoms with Crippen LogP contribution in [0, 0.1) is 0 Å². The van der Waals surface area contributed by atoms with Crippen LogP contribution >= 0.6 is 7.82 Å². The van der Waals surface area contributed by atoms with Gasteiger partial charge >= 0.3 is 7.82 Å². The number of phosphoric acid groups is 1. The van der Waals surface area contributed by atoms with Crippen LogP contribution in [0.15, 0.2) is 36.5 Å². The molecular weight excluding hydrogens is 651 g/mol. The monoisotopic (exact) mass is 729 g/mol. The van der Waals surface area contributed by atoms with Gasteiger partial charge in [0.25, 0.3) is 0 Å². The fourth-order valence-electron chi connectivity index (χ4n) is 5.74. The van der Waals surface area contributed by atoms with E-state index in [0.717, 1.165) is 44.9 Å². The highest BCUT2D eigenvalue weighted by molar-refractivity contribution is 7.47. The second-order valence-electron chi connectivity index (χ2n) is 13.6. The van der Waals surface area contributed by atoms with E-state index < -0.39 is 38.6 Å². The van der Waals surface area contributed by atoms with Gasteiger partial charge in [-0.1, -0.05) is 166 Å². The molecule has 9 nitrogen and oxygen atoms in total. The lowest BCUT2D eigenvalue weighted by Crippen LogP contribution is -2.46. The molecule has 50 heavy (non-hydrogen) atoms. The Bertz CT molecular complexity index is 899. The van der Waals surface area contributed by atoms with E-state index in [1.807, 2.05) is 6.08 Å². The molecule has 0 aliphatic rings. The van der Waals surface area contributed by atoms with Crippen molar-refractivity contribution in [1.82, 2.24) is 5.32 Å². The molecule has 10 heteroatoms. The molecule has 0 aromatic rings. The van der Waals surface area contributed by atoms with Crippen molar-refractivity contribution in [1.29, 1.82) is 0 Å². The Hall–Kier alpha value is -1.32. The maximum atomic E-state index is 12.7. The molecule has 0 radical (unpaired) electrons. The van der Waals surface area contributed by atoms with E-state index in [4.69, 9.17) is 14.8 Å². The zero-order chi connectivity index (χ0) is 37.0.